The molecule has 0 aliphatic heterocycles. The van der Waals surface area contributed by atoms with Crippen LogP contribution in [-0.2, 0) is 6.54 Å². The van der Waals surface area contributed by atoms with Crippen LogP contribution >= 0.6 is 11.6 Å². The lowest BCUT2D eigenvalue weighted by atomic mass is 10.1. The van der Waals surface area contributed by atoms with Crippen molar-refractivity contribution in [3.8, 4) is 0 Å². The molecule has 0 bridgehead atoms. The first kappa shape index (κ1) is 12.1. The van der Waals surface area contributed by atoms with Crippen LogP contribution in [0.25, 0.3) is 0 Å². The molecule has 2 rings (SSSR count). The summed E-state index contributed by atoms with van der Waals surface area (Å²) in [5.41, 5.74) is 1.23. The Kier molecular flexibility index (Phi) is 4.12. The van der Waals surface area contributed by atoms with Crippen LogP contribution in [0.5, 0.6) is 0 Å². The summed E-state index contributed by atoms with van der Waals surface area (Å²) < 4.78 is 1.81. The van der Waals surface area contributed by atoms with Gasteiger partial charge < -0.3 is 5.32 Å². The third-order valence-corrected chi connectivity index (χ3v) is 2.89. The Morgan fingerprint density at radius 3 is 2.76 bits per heavy atom. The summed E-state index contributed by atoms with van der Waals surface area (Å²) in [7, 11) is 0. The van der Waals surface area contributed by atoms with Gasteiger partial charge in [-0.1, -0.05) is 28.9 Å². The van der Waals surface area contributed by atoms with Gasteiger partial charge in [-0.25, -0.2) is 0 Å². The number of aromatic nitrogens is 3. The van der Waals surface area contributed by atoms with Crippen molar-refractivity contribution >= 4 is 11.6 Å². The molecule has 0 aliphatic rings. The van der Waals surface area contributed by atoms with Crippen molar-refractivity contribution in [3.05, 3.63) is 47.2 Å². The zero-order valence-electron chi connectivity index (χ0n) is 9.68. The van der Waals surface area contributed by atoms with Gasteiger partial charge in [0.2, 0.25) is 0 Å². The van der Waals surface area contributed by atoms with Gasteiger partial charge in [-0.15, -0.1) is 5.10 Å². The summed E-state index contributed by atoms with van der Waals surface area (Å²) in [4.78, 5) is 0. The Morgan fingerprint density at radius 2 is 2.12 bits per heavy atom. The highest BCUT2D eigenvalue weighted by Crippen LogP contribution is 2.15. The van der Waals surface area contributed by atoms with Crippen LogP contribution in [-0.4, -0.2) is 21.5 Å². The number of hydrogen-bond acceptors (Lipinski definition) is 3. The van der Waals surface area contributed by atoms with Crippen molar-refractivity contribution in [1.29, 1.82) is 0 Å². The SMILES string of the molecule is CC(NCCn1ccnn1)c1ccc(Cl)cc1. The molecular weight excluding hydrogens is 236 g/mol. The minimum atomic E-state index is 0.302. The fourth-order valence-electron chi connectivity index (χ4n) is 1.62. The summed E-state index contributed by atoms with van der Waals surface area (Å²) in [6.45, 7) is 3.80. The van der Waals surface area contributed by atoms with E-state index in [2.05, 4.69) is 22.6 Å². The number of hydrogen-bond donors (Lipinski definition) is 1. The molecule has 0 saturated heterocycles. The molecule has 0 radical (unpaired) electrons. The molecule has 90 valence electrons. The average molecular weight is 251 g/mol. The predicted octanol–water partition coefficient (Wildman–Crippen LogP) is 2.28. The predicted molar refractivity (Wildman–Crippen MR) is 67.9 cm³/mol. The van der Waals surface area contributed by atoms with Gasteiger partial charge in [-0.05, 0) is 24.6 Å². The molecule has 2 aromatic rings. The summed E-state index contributed by atoms with van der Waals surface area (Å²) in [5.74, 6) is 0. The van der Waals surface area contributed by atoms with E-state index >= 15 is 0 Å². The van der Waals surface area contributed by atoms with E-state index in [1.165, 1.54) is 5.56 Å². The Balaban J connectivity index is 1.81. The lowest BCUT2D eigenvalue weighted by Crippen LogP contribution is -2.23. The van der Waals surface area contributed by atoms with Crippen molar-refractivity contribution in [2.75, 3.05) is 6.54 Å². The van der Waals surface area contributed by atoms with Crippen molar-refractivity contribution < 1.29 is 0 Å². The third kappa shape index (κ3) is 3.54. The van der Waals surface area contributed by atoms with E-state index in [0.717, 1.165) is 18.1 Å². The normalized spacial score (nSPS) is 12.6. The Labute approximate surface area is 106 Å². The first-order chi connectivity index (χ1) is 8.25. The lowest BCUT2D eigenvalue weighted by Gasteiger charge is -2.14. The van der Waals surface area contributed by atoms with Crippen molar-refractivity contribution in [3.63, 3.8) is 0 Å². The van der Waals surface area contributed by atoms with E-state index in [4.69, 9.17) is 11.6 Å². The van der Waals surface area contributed by atoms with Gasteiger partial charge in [0.1, 0.15) is 0 Å². The van der Waals surface area contributed by atoms with Crippen molar-refractivity contribution in [1.82, 2.24) is 20.3 Å². The topological polar surface area (TPSA) is 42.7 Å². The molecule has 0 amide bonds. The zero-order chi connectivity index (χ0) is 12.1. The summed E-state index contributed by atoms with van der Waals surface area (Å²) in [5, 5.41) is 11.9. The maximum Gasteiger partial charge on any atom is 0.0692 e. The van der Waals surface area contributed by atoms with E-state index in [1.54, 1.807) is 6.20 Å². The smallest absolute Gasteiger partial charge is 0.0692 e. The first-order valence-corrected chi connectivity index (χ1v) is 5.96. The molecular formula is C12H15ClN4. The van der Waals surface area contributed by atoms with E-state index < -0.39 is 0 Å². The van der Waals surface area contributed by atoms with Gasteiger partial charge in [-0.2, -0.15) is 0 Å². The summed E-state index contributed by atoms with van der Waals surface area (Å²) >= 11 is 5.85. The highest BCUT2D eigenvalue weighted by Gasteiger charge is 2.03. The Morgan fingerprint density at radius 1 is 1.35 bits per heavy atom. The van der Waals surface area contributed by atoms with Crippen LogP contribution in [0.2, 0.25) is 5.02 Å². The number of rotatable bonds is 5. The van der Waals surface area contributed by atoms with Gasteiger partial charge in [0.15, 0.2) is 0 Å². The molecule has 0 aliphatic carbocycles. The van der Waals surface area contributed by atoms with E-state index in [1.807, 2.05) is 35.1 Å². The molecule has 0 saturated carbocycles. The monoisotopic (exact) mass is 250 g/mol. The highest BCUT2D eigenvalue weighted by molar-refractivity contribution is 6.30. The zero-order valence-corrected chi connectivity index (χ0v) is 10.4. The number of halogens is 1. The van der Waals surface area contributed by atoms with Crippen LogP contribution in [0.4, 0.5) is 0 Å². The molecule has 4 nitrogen and oxygen atoms in total. The molecule has 1 aromatic carbocycles. The molecule has 17 heavy (non-hydrogen) atoms. The third-order valence-electron chi connectivity index (χ3n) is 2.63. The average Bonchev–Trinajstić information content (AvgIpc) is 2.83. The highest BCUT2D eigenvalue weighted by atomic mass is 35.5. The fourth-order valence-corrected chi connectivity index (χ4v) is 1.74. The molecule has 1 unspecified atom stereocenters. The van der Waals surface area contributed by atoms with Gasteiger partial charge in [0.05, 0.1) is 12.7 Å². The van der Waals surface area contributed by atoms with Gasteiger partial charge >= 0.3 is 0 Å². The summed E-state index contributed by atoms with van der Waals surface area (Å²) in [6, 6.07) is 8.19. The molecule has 0 spiro atoms. The maximum absolute atomic E-state index is 5.85. The lowest BCUT2D eigenvalue weighted by molar-refractivity contribution is 0.499. The summed E-state index contributed by atoms with van der Waals surface area (Å²) in [6.07, 6.45) is 3.54. The standard InChI is InChI=1S/C12H15ClN4/c1-10(11-2-4-12(13)5-3-11)14-6-8-17-9-7-15-16-17/h2-5,7,9-10,14H,6,8H2,1H3. The van der Waals surface area contributed by atoms with Crippen LogP contribution in [0, 0.1) is 0 Å². The second-order valence-corrected chi connectivity index (χ2v) is 4.33. The Bertz CT molecular complexity index is 438. The second kappa shape index (κ2) is 5.80. The largest absolute Gasteiger partial charge is 0.308 e. The van der Waals surface area contributed by atoms with Crippen LogP contribution in [0.1, 0.15) is 18.5 Å². The number of nitrogens with zero attached hydrogens (tertiary/aromatic N) is 3. The molecule has 1 aromatic heterocycles. The molecule has 5 heteroatoms. The number of nitrogens with one attached hydrogen (secondary N) is 1. The van der Waals surface area contributed by atoms with Gasteiger partial charge in [0.25, 0.3) is 0 Å². The molecule has 1 N–H and O–H groups in total. The van der Waals surface area contributed by atoms with E-state index in [0.29, 0.717) is 6.04 Å². The number of benzene rings is 1. The van der Waals surface area contributed by atoms with Gasteiger partial charge in [-0.3, -0.25) is 4.68 Å². The molecule has 1 heterocycles. The van der Waals surface area contributed by atoms with Crippen LogP contribution in [0.15, 0.2) is 36.7 Å². The minimum Gasteiger partial charge on any atom is -0.308 e. The second-order valence-electron chi connectivity index (χ2n) is 3.89. The van der Waals surface area contributed by atoms with Gasteiger partial charge in [0, 0.05) is 23.8 Å². The molecule has 1 atom stereocenters. The van der Waals surface area contributed by atoms with Crippen molar-refractivity contribution in [2.45, 2.75) is 19.5 Å². The van der Waals surface area contributed by atoms with Crippen LogP contribution in [0.3, 0.4) is 0 Å². The van der Waals surface area contributed by atoms with E-state index in [-0.39, 0.29) is 0 Å². The van der Waals surface area contributed by atoms with Crippen LogP contribution < -0.4 is 5.32 Å². The van der Waals surface area contributed by atoms with E-state index in [9.17, 15) is 0 Å². The van der Waals surface area contributed by atoms with Crippen molar-refractivity contribution in [2.24, 2.45) is 0 Å². The maximum atomic E-state index is 5.85. The molecule has 0 fully saturated rings. The first-order valence-electron chi connectivity index (χ1n) is 5.58. The quantitative estimate of drug-likeness (QED) is 0.885. The fraction of sp³-hybridized carbons (Fsp3) is 0.333. The Hall–Kier alpha value is -1.39. The minimum absolute atomic E-state index is 0.302.